The Hall–Kier alpha value is -1.92. The van der Waals surface area contributed by atoms with E-state index in [1.54, 1.807) is 7.11 Å². The molecule has 2 aromatic heterocycles. The molecular formula is C25H35N3O2S. The number of hydrogen-bond acceptors (Lipinski definition) is 5. The molecule has 1 atom stereocenters. The van der Waals surface area contributed by atoms with E-state index >= 15 is 0 Å². The van der Waals surface area contributed by atoms with Crippen molar-refractivity contribution in [3.05, 3.63) is 43.8 Å². The first-order valence-electron chi connectivity index (χ1n) is 11.5. The summed E-state index contributed by atoms with van der Waals surface area (Å²) >= 11 is 1.87. The van der Waals surface area contributed by atoms with Crippen molar-refractivity contribution in [3.63, 3.8) is 0 Å². The van der Waals surface area contributed by atoms with E-state index in [1.165, 1.54) is 28.2 Å². The SMILES string of the molecule is COc1nc(C)cc(C)c1CN1CCc2sc([C@H](C)[C@H]3CC[C@H](N)CC3)c(C)c2C1=O. The lowest BCUT2D eigenvalue weighted by atomic mass is 9.78. The Morgan fingerprint density at radius 1 is 1.26 bits per heavy atom. The molecule has 0 unspecified atom stereocenters. The molecule has 0 spiro atoms. The van der Waals surface area contributed by atoms with Gasteiger partial charge in [0.15, 0.2) is 0 Å². The van der Waals surface area contributed by atoms with Crippen molar-refractivity contribution in [1.29, 1.82) is 0 Å². The number of aryl methyl sites for hydroxylation is 2. The molecule has 0 radical (unpaired) electrons. The second kappa shape index (κ2) is 8.91. The van der Waals surface area contributed by atoms with Crippen LogP contribution in [0.25, 0.3) is 0 Å². The lowest BCUT2D eigenvalue weighted by Crippen LogP contribution is -2.37. The highest BCUT2D eigenvalue weighted by atomic mass is 32.1. The van der Waals surface area contributed by atoms with Crippen molar-refractivity contribution in [1.82, 2.24) is 9.88 Å². The molecule has 6 heteroatoms. The molecule has 3 heterocycles. The molecule has 2 aromatic rings. The van der Waals surface area contributed by atoms with Crippen molar-refractivity contribution in [2.75, 3.05) is 13.7 Å². The molecule has 0 bridgehead atoms. The first-order valence-corrected chi connectivity index (χ1v) is 12.3. The second-order valence-corrected chi connectivity index (χ2v) is 10.5. The summed E-state index contributed by atoms with van der Waals surface area (Å²) in [5.74, 6) is 1.95. The number of rotatable bonds is 5. The van der Waals surface area contributed by atoms with Crippen LogP contribution in [0.5, 0.6) is 5.88 Å². The lowest BCUT2D eigenvalue weighted by molar-refractivity contribution is 0.0726. The fraction of sp³-hybridized carbons (Fsp3) is 0.600. The molecule has 0 saturated heterocycles. The molecule has 1 amide bonds. The number of aromatic nitrogens is 1. The van der Waals surface area contributed by atoms with Gasteiger partial charge in [-0.3, -0.25) is 4.79 Å². The minimum Gasteiger partial charge on any atom is -0.481 e. The van der Waals surface area contributed by atoms with Crippen LogP contribution >= 0.6 is 11.3 Å². The fourth-order valence-corrected chi connectivity index (χ4v) is 6.80. The van der Waals surface area contributed by atoms with Crippen molar-refractivity contribution < 1.29 is 9.53 Å². The zero-order valence-corrected chi connectivity index (χ0v) is 20.3. The Kier molecular flexibility index (Phi) is 6.40. The van der Waals surface area contributed by atoms with Gasteiger partial charge in [0.2, 0.25) is 5.88 Å². The summed E-state index contributed by atoms with van der Waals surface area (Å²) in [6.45, 7) is 9.82. The topological polar surface area (TPSA) is 68.4 Å². The number of hydrogen-bond donors (Lipinski definition) is 1. The van der Waals surface area contributed by atoms with Gasteiger partial charge >= 0.3 is 0 Å². The molecule has 1 aliphatic carbocycles. The molecule has 4 rings (SSSR count). The van der Waals surface area contributed by atoms with E-state index in [9.17, 15) is 4.79 Å². The number of thiophene rings is 1. The molecule has 2 N–H and O–H groups in total. The molecule has 1 saturated carbocycles. The van der Waals surface area contributed by atoms with E-state index in [0.717, 1.165) is 48.2 Å². The predicted molar refractivity (Wildman–Crippen MR) is 126 cm³/mol. The van der Waals surface area contributed by atoms with Gasteiger partial charge in [-0.1, -0.05) is 6.92 Å². The van der Waals surface area contributed by atoms with Gasteiger partial charge in [-0.15, -0.1) is 11.3 Å². The molecule has 168 valence electrons. The lowest BCUT2D eigenvalue weighted by Gasteiger charge is -2.30. The average molecular weight is 442 g/mol. The minimum absolute atomic E-state index is 0.154. The Bertz CT molecular complexity index is 976. The molecule has 5 nitrogen and oxygen atoms in total. The van der Waals surface area contributed by atoms with Crippen molar-refractivity contribution in [2.45, 2.75) is 78.3 Å². The van der Waals surface area contributed by atoms with E-state index in [1.807, 2.05) is 23.2 Å². The van der Waals surface area contributed by atoms with Crippen LogP contribution in [0.3, 0.4) is 0 Å². The minimum atomic E-state index is 0.154. The standard InChI is InChI=1S/C25H35N3O2S/c1-14-12-15(2)27-24(30-5)20(14)13-28-11-10-21-22(25(28)29)17(4)23(31-21)16(3)18-6-8-19(26)9-7-18/h12,16,18-19H,6-11,13,26H2,1-5H3/t16-,18-,19-/m1/s1. The highest BCUT2D eigenvalue weighted by molar-refractivity contribution is 7.12. The zero-order chi connectivity index (χ0) is 22.3. The molecule has 31 heavy (non-hydrogen) atoms. The second-order valence-electron chi connectivity index (χ2n) is 9.40. The van der Waals surface area contributed by atoms with Gasteiger partial charge in [-0.25, -0.2) is 4.98 Å². The van der Waals surface area contributed by atoms with Crippen LogP contribution in [0, 0.1) is 26.7 Å². The summed E-state index contributed by atoms with van der Waals surface area (Å²) in [4.78, 5) is 22.7. The predicted octanol–water partition coefficient (Wildman–Crippen LogP) is 4.90. The van der Waals surface area contributed by atoms with Crippen LogP contribution < -0.4 is 10.5 Å². The van der Waals surface area contributed by atoms with Crippen LogP contribution in [0.1, 0.15) is 81.0 Å². The van der Waals surface area contributed by atoms with E-state index < -0.39 is 0 Å². The number of nitrogens with zero attached hydrogens (tertiary/aromatic N) is 2. The number of carbonyl (C=O) groups excluding carboxylic acids is 1. The van der Waals surface area contributed by atoms with E-state index in [0.29, 0.717) is 30.3 Å². The molecular weight excluding hydrogens is 406 g/mol. The number of nitrogens with two attached hydrogens (primary N) is 1. The van der Waals surface area contributed by atoms with Gasteiger partial charge in [0, 0.05) is 40.0 Å². The molecule has 2 aliphatic rings. The number of ether oxygens (including phenoxy) is 1. The number of pyridine rings is 1. The summed E-state index contributed by atoms with van der Waals surface area (Å²) in [6, 6.07) is 2.43. The summed E-state index contributed by atoms with van der Waals surface area (Å²) in [5.41, 5.74) is 11.3. The summed E-state index contributed by atoms with van der Waals surface area (Å²) in [5, 5.41) is 0. The first kappa shape index (κ1) is 22.3. The van der Waals surface area contributed by atoms with Crippen LogP contribution in [0.4, 0.5) is 0 Å². The van der Waals surface area contributed by atoms with Gasteiger partial charge < -0.3 is 15.4 Å². The highest BCUT2D eigenvalue weighted by Gasteiger charge is 2.34. The average Bonchev–Trinajstić information content (AvgIpc) is 3.08. The van der Waals surface area contributed by atoms with E-state index in [4.69, 9.17) is 10.5 Å². The zero-order valence-electron chi connectivity index (χ0n) is 19.5. The maximum Gasteiger partial charge on any atom is 0.255 e. The van der Waals surface area contributed by atoms with Crippen molar-refractivity contribution in [2.24, 2.45) is 11.7 Å². The van der Waals surface area contributed by atoms with Gasteiger partial charge in [-0.05, 0) is 75.5 Å². The van der Waals surface area contributed by atoms with Crippen molar-refractivity contribution in [3.8, 4) is 5.88 Å². The fourth-order valence-electron chi connectivity index (χ4n) is 5.37. The number of amides is 1. The van der Waals surface area contributed by atoms with Gasteiger partial charge in [0.05, 0.1) is 19.2 Å². The Labute approximate surface area is 190 Å². The van der Waals surface area contributed by atoms with Crippen LogP contribution in [0.15, 0.2) is 6.07 Å². The first-order chi connectivity index (χ1) is 14.8. The maximum absolute atomic E-state index is 13.5. The van der Waals surface area contributed by atoms with E-state index in [-0.39, 0.29) is 5.91 Å². The Morgan fingerprint density at radius 3 is 2.65 bits per heavy atom. The normalized spacial score (nSPS) is 22.4. The smallest absolute Gasteiger partial charge is 0.255 e. The summed E-state index contributed by atoms with van der Waals surface area (Å²) in [7, 11) is 1.65. The number of carbonyl (C=O) groups is 1. The Morgan fingerprint density at radius 2 is 1.97 bits per heavy atom. The van der Waals surface area contributed by atoms with E-state index in [2.05, 4.69) is 31.8 Å². The van der Waals surface area contributed by atoms with Crippen LogP contribution in [-0.2, 0) is 13.0 Å². The largest absolute Gasteiger partial charge is 0.481 e. The molecule has 1 aliphatic heterocycles. The highest BCUT2D eigenvalue weighted by Crippen LogP contribution is 2.43. The monoisotopic (exact) mass is 441 g/mol. The molecule has 0 aromatic carbocycles. The molecule has 1 fully saturated rings. The van der Waals surface area contributed by atoms with Crippen molar-refractivity contribution >= 4 is 17.2 Å². The quantitative estimate of drug-likeness (QED) is 0.717. The van der Waals surface area contributed by atoms with Crippen LogP contribution in [0.2, 0.25) is 0 Å². The summed E-state index contributed by atoms with van der Waals surface area (Å²) < 4.78 is 5.53. The van der Waals surface area contributed by atoms with Gasteiger partial charge in [0.25, 0.3) is 5.91 Å². The Balaban J connectivity index is 1.57. The third-order valence-electron chi connectivity index (χ3n) is 7.28. The summed E-state index contributed by atoms with van der Waals surface area (Å²) in [6.07, 6.45) is 5.57. The maximum atomic E-state index is 13.5. The van der Waals surface area contributed by atoms with Gasteiger partial charge in [-0.2, -0.15) is 0 Å². The number of fused-ring (bicyclic) bond motifs is 1. The number of methoxy groups -OCH3 is 1. The third-order valence-corrected chi connectivity index (χ3v) is 8.84. The third kappa shape index (κ3) is 4.24. The van der Waals surface area contributed by atoms with Crippen LogP contribution in [-0.4, -0.2) is 35.5 Å². The van der Waals surface area contributed by atoms with Gasteiger partial charge in [0.1, 0.15) is 0 Å².